The molecule has 0 radical (unpaired) electrons. The fraction of sp³-hybridized carbons (Fsp3) is 0.750. The van der Waals surface area contributed by atoms with Gasteiger partial charge in [0.2, 0.25) is 5.89 Å². The van der Waals surface area contributed by atoms with Crippen LogP contribution in [0.3, 0.4) is 0 Å². The summed E-state index contributed by atoms with van der Waals surface area (Å²) in [5, 5.41) is 3.95. The van der Waals surface area contributed by atoms with E-state index in [9.17, 15) is 4.79 Å². The molecule has 0 unspecified atom stereocenters. The minimum Gasteiger partial charge on any atom is -0.468 e. The van der Waals surface area contributed by atoms with Gasteiger partial charge in [-0.25, -0.2) is 0 Å². The quantitative estimate of drug-likeness (QED) is 0.683. The van der Waals surface area contributed by atoms with Crippen molar-refractivity contribution in [3.8, 4) is 0 Å². The van der Waals surface area contributed by atoms with E-state index >= 15 is 0 Å². The van der Waals surface area contributed by atoms with Crippen LogP contribution in [0.1, 0.15) is 43.8 Å². The fourth-order valence-electron chi connectivity index (χ4n) is 1.81. The monoisotopic (exact) mass is 253 g/mol. The Labute approximate surface area is 106 Å². The van der Waals surface area contributed by atoms with Crippen molar-refractivity contribution in [3.05, 3.63) is 11.7 Å². The number of hydrogen-bond acceptors (Lipinski definition) is 6. The maximum atomic E-state index is 11.3. The molecule has 0 spiro atoms. The van der Waals surface area contributed by atoms with E-state index in [1.807, 2.05) is 4.90 Å². The first-order valence-corrected chi connectivity index (χ1v) is 6.34. The molecule has 1 heterocycles. The zero-order valence-corrected chi connectivity index (χ0v) is 10.9. The lowest BCUT2D eigenvalue weighted by Gasteiger charge is -2.17. The summed E-state index contributed by atoms with van der Waals surface area (Å²) in [7, 11) is 1.39. The first-order chi connectivity index (χ1) is 8.72. The molecule has 0 amide bonds. The third kappa shape index (κ3) is 3.53. The Morgan fingerprint density at radius 3 is 2.94 bits per heavy atom. The Morgan fingerprint density at radius 2 is 2.33 bits per heavy atom. The number of carbonyl (C=O) groups is 1. The topological polar surface area (TPSA) is 68.5 Å². The van der Waals surface area contributed by atoms with Crippen LogP contribution in [-0.2, 0) is 16.1 Å². The molecule has 18 heavy (non-hydrogen) atoms. The number of hydrogen-bond donors (Lipinski definition) is 0. The highest BCUT2D eigenvalue weighted by molar-refractivity contribution is 5.71. The Balaban J connectivity index is 1.91. The van der Waals surface area contributed by atoms with E-state index in [-0.39, 0.29) is 12.5 Å². The summed E-state index contributed by atoms with van der Waals surface area (Å²) >= 11 is 0. The number of ether oxygens (including phenoxy) is 1. The van der Waals surface area contributed by atoms with E-state index in [1.165, 1.54) is 7.11 Å². The summed E-state index contributed by atoms with van der Waals surface area (Å²) in [6.07, 6.45) is 3.25. The Morgan fingerprint density at radius 1 is 1.56 bits per heavy atom. The van der Waals surface area contributed by atoms with Crippen LogP contribution < -0.4 is 0 Å². The maximum absolute atomic E-state index is 11.3. The molecule has 0 bridgehead atoms. The van der Waals surface area contributed by atoms with Crippen molar-refractivity contribution >= 4 is 5.97 Å². The second-order valence-corrected chi connectivity index (χ2v) is 4.61. The van der Waals surface area contributed by atoms with E-state index in [0.29, 0.717) is 18.3 Å². The molecule has 6 heteroatoms. The Kier molecular flexibility index (Phi) is 4.30. The first kappa shape index (κ1) is 13.0. The second-order valence-electron chi connectivity index (χ2n) is 4.61. The van der Waals surface area contributed by atoms with Gasteiger partial charge in [0.15, 0.2) is 5.82 Å². The molecule has 1 fully saturated rings. The highest BCUT2D eigenvalue weighted by atomic mass is 16.5. The number of aromatic nitrogens is 2. The lowest BCUT2D eigenvalue weighted by Crippen LogP contribution is -2.31. The molecule has 1 aromatic heterocycles. The van der Waals surface area contributed by atoms with Crippen LogP contribution in [-0.4, -0.2) is 41.2 Å². The fourth-order valence-corrected chi connectivity index (χ4v) is 1.81. The molecular weight excluding hydrogens is 234 g/mol. The van der Waals surface area contributed by atoms with Gasteiger partial charge in [-0.3, -0.25) is 9.69 Å². The summed E-state index contributed by atoms with van der Waals surface area (Å²) in [4.78, 5) is 17.6. The van der Waals surface area contributed by atoms with Crippen LogP contribution in [0.5, 0.6) is 0 Å². The molecule has 6 nitrogen and oxygen atoms in total. The summed E-state index contributed by atoms with van der Waals surface area (Å²) < 4.78 is 9.87. The van der Waals surface area contributed by atoms with Gasteiger partial charge in [-0.05, 0) is 25.8 Å². The zero-order valence-electron chi connectivity index (χ0n) is 10.9. The third-order valence-electron chi connectivity index (χ3n) is 2.90. The van der Waals surface area contributed by atoms with E-state index in [0.717, 1.165) is 31.7 Å². The largest absolute Gasteiger partial charge is 0.468 e. The first-order valence-electron chi connectivity index (χ1n) is 6.34. The molecule has 0 aromatic carbocycles. The second kappa shape index (κ2) is 5.95. The number of carbonyl (C=O) groups excluding carboxylic acids is 1. The van der Waals surface area contributed by atoms with Gasteiger partial charge in [0.25, 0.3) is 0 Å². The molecule has 0 atom stereocenters. The van der Waals surface area contributed by atoms with Crippen LogP contribution in [0.25, 0.3) is 0 Å². The van der Waals surface area contributed by atoms with E-state index in [1.54, 1.807) is 0 Å². The number of methoxy groups -OCH3 is 1. The molecule has 1 aromatic rings. The van der Waals surface area contributed by atoms with Gasteiger partial charge in [-0.15, -0.1) is 0 Å². The summed E-state index contributed by atoms with van der Waals surface area (Å²) in [5.41, 5.74) is 0. The zero-order chi connectivity index (χ0) is 13.0. The van der Waals surface area contributed by atoms with Gasteiger partial charge in [0.1, 0.15) is 0 Å². The standard InChI is InChI=1S/C12H19N3O3/c1-3-6-15(8-11(16)17-2)7-10-13-12(18-14-10)9-4-5-9/h9H,3-8H2,1-2H3. The van der Waals surface area contributed by atoms with Crippen molar-refractivity contribution in [2.75, 3.05) is 20.2 Å². The normalized spacial score (nSPS) is 15.1. The third-order valence-corrected chi connectivity index (χ3v) is 2.90. The minimum absolute atomic E-state index is 0.241. The average Bonchev–Trinajstić information content (AvgIpc) is 3.11. The lowest BCUT2D eigenvalue weighted by atomic mass is 10.3. The number of esters is 1. The molecule has 0 saturated heterocycles. The van der Waals surface area contributed by atoms with Crippen molar-refractivity contribution in [2.45, 2.75) is 38.6 Å². The van der Waals surface area contributed by atoms with Crippen molar-refractivity contribution in [1.29, 1.82) is 0 Å². The van der Waals surface area contributed by atoms with Gasteiger partial charge < -0.3 is 9.26 Å². The van der Waals surface area contributed by atoms with Crippen LogP contribution in [0, 0.1) is 0 Å². The predicted molar refractivity (Wildman–Crippen MR) is 63.9 cm³/mol. The maximum Gasteiger partial charge on any atom is 0.319 e. The highest BCUT2D eigenvalue weighted by Gasteiger charge is 2.29. The van der Waals surface area contributed by atoms with E-state index < -0.39 is 0 Å². The number of nitrogens with zero attached hydrogens (tertiary/aromatic N) is 3. The van der Waals surface area contributed by atoms with E-state index in [2.05, 4.69) is 21.8 Å². The van der Waals surface area contributed by atoms with Crippen LogP contribution in [0.4, 0.5) is 0 Å². The van der Waals surface area contributed by atoms with Crippen molar-refractivity contribution in [1.82, 2.24) is 15.0 Å². The molecule has 1 saturated carbocycles. The molecule has 0 N–H and O–H groups in total. The lowest BCUT2D eigenvalue weighted by molar-refractivity contribution is -0.142. The van der Waals surface area contributed by atoms with Crippen molar-refractivity contribution in [2.24, 2.45) is 0 Å². The van der Waals surface area contributed by atoms with Gasteiger partial charge in [-0.2, -0.15) is 4.98 Å². The highest BCUT2D eigenvalue weighted by Crippen LogP contribution is 2.38. The van der Waals surface area contributed by atoms with E-state index in [4.69, 9.17) is 4.52 Å². The minimum atomic E-state index is -0.241. The summed E-state index contributed by atoms with van der Waals surface area (Å²) in [6.45, 7) is 3.66. The van der Waals surface area contributed by atoms with Gasteiger partial charge in [0.05, 0.1) is 20.2 Å². The predicted octanol–water partition coefficient (Wildman–Crippen LogP) is 1.33. The Bertz CT molecular complexity index is 401. The van der Waals surface area contributed by atoms with Gasteiger partial charge >= 0.3 is 5.97 Å². The van der Waals surface area contributed by atoms with Crippen molar-refractivity contribution in [3.63, 3.8) is 0 Å². The molecule has 1 aliphatic rings. The molecule has 1 aliphatic carbocycles. The van der Waals surface area contributed by atoms with Crippen LogP contribution in [0.2, 0.25) is 0 Å². The average molecular weight is 253 g/mol. The van der Waals surface area contributed by atoms with Crippen LogP contribution in [0.15, 0.2) is 4.52 Å². The van der Waals surface area contributed by atoms with Crippen molar-refractivity contribution < 1.29 is 14.1 Å². The SMILES string of the molecule is CCCN(CC(=O)OC)Cc1noc(C2CC2)n1. The number of rotatable bonds is 7. The molecule has 0 aliphatic heterocycles. The molecule has 2 rings (SSSR count). The van der Waals surface area contributed by atoms with Gasteiger partial charge in [-0.1, -0.05) is 12.1 Å². The molecular formula is C12H19N3O3. The van der Waals surface area contributed by atoms with Crippen LogP contribution >= 0.6 is 0 Å². The Hall–Kier alpha value is -1.43. The summed E-state index contributed by atoms with van der Waals surface area (Å²) in [5.74, 6) is 1.61. The molecule has 100 valence electrons. The smallest absolute Gasteiger partial charge is 0.319 e. The summed E-state index contributed by atoms with van der Waals surface area (Å²) in [6, 6.07) is 0. The van der Waals surface area contributed by atoms with Gasteiger partial charge in [0, 0.05) is 5.92 Å².